The second-order valence-corrected chi connectivity index (χ2v) is 5.25. The largest absolute Gasteiger partial charge is 0.460 e. The molecule has 0 aromatic heterocycles. The number of amides is 2. The number of nitrogens with zero attached hydrogens (tertiary/aromatic N) is 1. The van der Waals surface area contributed by atoms with Gasteiger partial charge in [0.1, 0.15) is 5.60 Å². The predicted octanol–water partition coefficient (Wildman–Crippen LogP) is 0.233. The lowest BCUT2D eigenvalue weighted by Gasteiger charge is -2.19. The minimum atomic E-state index is -0.475. The number of carbonyl (C=O) groups is 3. The first-order valence-electron chi connectivity index (χ1n) is 6.26. The highest BCUT2D eigenvalue weighted by atomic mass is 16.6. The number of rotatable bonds is 6. The van der Waals surface area contributed by atoms with Crippen molar-refractivity contribution in [1.82, 2.24) is 10.2 Å². The Morgan fingerprint density at radius 3 is 2.32 bits per heavy atom. The molecule has 6 heteroatoms. The van der Waals surface area contributed by atoms with Crippen LogP contribution in [0.15, 0.2) is 12.2 Å². The van der Waals surface area contributed by atoms with Gasteiger partial charge in [-0.2, -0.15) is 0 Å². The van der Waals surface area contributed by atoms with Crippen LogP contribution in [0.4, 0.5) is 0 Å². The van der Waals surface area contributed by atoms with Gasteiger partial charge in [-0.15, -0.1) is 0 Å². The molecule has 0 radical (unpaired) electrons. The van der Waals surface area contributed by atoms with Crippen molar-refractivity contribution in [3.05, 3.63) is 12.2 Å². The number of esters is 1. The molecule has 106 valence electrons. The van der Waals surface area contributed by atoms with Gasteiger partial charge in [0.25, 0.3) is 11.8 Å². The molecular weight excluding hydrogens is 248 g/mol. The molecule has 0 saturated heterocycles. The summed E-state index contributed by atoms with van der Waals surface area (Å²) in [5.74, 6) is -0.854. The van der Waals surface area contributed by atoms with Crippen LogP contribution in [-0.4, -0.2) is 47.9 Å². The van der Waals surface area contributed by atoms with Crippen LogP contribution < -0.4 is 5.32 Å². The molecule has 0 aliphatic carbocycles. The van der Waals surface area contributed by atoms with Gasteiger partial charge in [0, 0.05) is 31.8 Å². The minimum absolute atomic E-state index is 0.261. The molecule has 0 saturated carbocycles. The second-order valence-electron chi connectivity index (χ2n) is 5.25. The van der Waals surface area contributed by atoms with Crippen LogP contribution in [0.1, 0.15) is 27.2 Å². The van der Waals surface area contributed by atoms with Gasteiger partial charge >= 0.3 is 5.97 Å². The zero-order chi connectivity index (χ0) is 14.5. The average molecular weight is 268 g/mol. The summed E-state index contributed by atoms with van der Waals surface area (Å²) in [7, 11) is 0. The number of imide groups is 1. The molecule has 0 bridgehead atoms. The number of ether oxygens (including phenoxy) is 1. The van der Waals surface area contributed by atoms with Gasteiger partial charge in [-0.25, -0.2) is 0 Å². The molecule has 0 atom stereocenters. The van der Waals surface area contributed by atoms with Crippen LogP contribution in [0.2, 0.25) is 0 Å². The van der Waals surface area contributed by atoms with Crippen LogP contribution in [-0.2, 0) is 19.1 Å². The van der Waals surface area contributed by atoms with Crippen molar-refractivity contribution in [2.75, 3.05) is 19.6 Å². The number of hydrogen-bond acceptors (Lipinski definition) is 5. The van der Waals surface area contributed by atoms with E-state index in [4.69, 9.17) is 4.74 Å². The van der Waals surface area contributed by atoms with Gasteiger partial charge in [0.05, 0.1) is 6.42 Å². The molecule has 1 aliphatic rings. The van der Waals surface area contributed by atoms with Crippen LogP contribution in [0.5, 0.6) is 0 Å². The minimum Gasteiger partial charge on any atom is -0.460 e. The summed E-state index contributed by atoms with van der Waals surface area (Å²) in [4.78, 5) is 35.0. The molecular formula is C13H20N2O4. The summed E-state index contributed by atoms with van der Waals surface area (Å²) in [5.41, 5.74) is -0.475. The van der Waals surface area contributed by atoms with Gasteiger partial charge in [-0.05, 0) is 20.8 Å². The third-order valence-electron chi connectivity index (χ3n) is 2.34. The summed E-state index contributed by atoms with van der Waals surface area (Å²) >= 11 is 0. The topological polar surface area (TPSA) is 75.7 Å². The van der Waals surface area contributed by atoms with Gasteiger partial charge in [0.2, 0.25) is 0 Å². The van der Waals surface area contributed by atoms with Gasteiger partial charge in [-0.3, -0.25) is 19.3 Å². The van der Waals surface area contributed by atoms with Crippen LogP contribution in [0, 0.1) is 0 Å². The maximum atomic E-state index is 11.4. The van der Waals surface area contributed by atoms with Crippen LogP contribution in [0.25, 0.3) is 0 Å². The van der Waals surface area contributed by atoms with Crippen LogP contribution >= 0.6 is 0 Å². The average Bonchev–Trinajstić information content (AvgIpc) is 2.57. The zero-order valence-corrected chi connectivity index (χ0v) is 11.6. The number of carbonyl (C=O) groups excluding carboxylic acids is 3. The van der Waals surface area contributed by atoms with Crippen molar-refractivity contribution in [3.8, 4) is 0 Å². The molecule has 1 N–H and O–H groups in total. The van der Waals surface area contributed by atoms with E-state index in [9.17, 15) is 14.4 Å². The van der Waals surface area contributed by atoms with Crippen molar-refractivity contribution in [2.45, 2.75) is 32.8 Å². The fourth-order valence-electron chi connectivity index (χ4n) is 1.55. The molecule has 1 aliphatic heterocycles. The van der Waals surface area contributed by atoms with E-state index in [0.29, 0.717) is 19.6 Å². The molecule has 0 unspecified atom stereocenters. The third-order valence-corrected chi connectivity index (χ3v) is 2.34. The van der Waals surface area contributed by atoms with E-state index in [1.807, 2.05) is 20.8 Å². The quantitative estimate of drug-likeness (QED) is 0.424. The van der Waals surface area contributed by atoms with Crippen molar-refractivity contribution in [3.63, 3.8) is 0 Å². The highest BCUT2D eigenvalue weighted by Crippen LogP contribution is 2.07. The zero-order valence-electron chi connectivity index (χ0n) is 11.6. The molecule has 0 fully saturated rings. The van der Waals surface area contributed by atoms with Crippen molar-refractivity contribution >= 4 is 17.8 Å². The first kappa shape index (κ1) is 15.4. The van der Waals surface area contributed by atoms with Gasteiger partial charge in [-0.1, -0.05) is 0 Å². The Labute approximate surface area is 112 Å². The van der Waals surface area contributed by atoms with E-state index in [0.717, 1.165) is 4.90 Å². The molecule has 0 aromatic rings. The maximum Gasteiger partial charge on any atom is 0.307 e. The van der Waals surface area contributed by atoms with E-state index in [-0.39, 0.29) is 24.2 Å². The molecule has 0 aromatic carbocycles. The normalized spacial score (nSPS) is 15.2. The van der Waals surface area contributed by atoms with E-state index < -0.39 is 5.60 Å². The Morgan fingerprint density at radius 1 is 1.21 bits per heavy atom. The SMILES string of the molecule is CC(C)(C)OC(=O)CCNCCN1C(=O)C=CC1=O. The summed E-state index contributed by atoms with van der Waals surface area (Å²) in [6.07, 6.45) is 2.77. The molecule has 1 heterocycles. The molecule has 6 nitrogen and oxygen atoms in total. The molecule has 19 heavy (non-hydrogen) atoms. The predicted molar refractivity (Wildman–Crippen MR) is 69.2 cm³/mol. The van der Waals surface area contributed by atoms with E-state index in [1.165, 1.54) is 12.2 Å². The first-order valence-corrected chi connectivity index (χ1v) is 6.26. The van der Waals surface area contributed by atoms with Gasteiger partial charge < -0.3 is 10.1 Å². The Morgan fingerprint density at radius 2 is 1.79 bits per heavy atom. The van der Waals surface area contributed by atoms with E-state index in [1.54, 1.807) is 0 Å². The third kappa shape index (κ3) is 5.65. The van der Waals surface area contributed by atoms with Crippen LogP contribution in [0.3, 0.4) is 0 Å². The van der Waals surface area contributed by atoms with Crippen molar-refractivity contribution < 1.29 is 19.1 Å². The molecule has 1 rings (SSSR count). The standard InChI is InChI=1S/C13H20N2O4/c1-13(2,3)19-12(18)6-7-14-8-9-15-10(16)4-5-11(15)17/h4-5,14H,6-9H2,1-3H3. The van der Waals surface area contributed by atoms with E-state index in [2.05, 4.69) is 5.32 Å². The van der Waals surface area contributed by atoms with Crippen molar-refractivity contribution in [1.29, 1.82) is 0 Å². The maximum absolute atomic E-state index is 11.4. The summed E-state index contributed by atoms with van der Waals surface area (Å²) in [5, 5.41) is 3.00. The van der Waals surface area contributed by atoms with E-state index >= 15 is 0 Å². The lowest BCUT2D eigenvalue weighted by Crippen LogP contribution is -2.37. The summed E-state index contributed by atoms with van der Waals surface area (Å²) < 4.78 is 5.14. The Kier molecular flexibility index (Phi) is 5.23. The molecule has 2 amide bonds. The summed E-state index contributed by atoms with van der Waals surface area (Å²) in [6.45, 7) is 6.67. The second kappa shape index (κ2) is 6.47. The monoisotopic (exact) mass is 268 g/mol. The Bertz CT molecular complexity index is 378. The Balaban J connectivity index is 2.10. The number of nitrogens with one attached hydrogen (secondary N) is 1. The highest BCUT2D eigenvalue weighted by Gasteiger charge is 2.22. The first-order chi connectivity index (χ1) is 8.79. The molecule has 0 spiro atoms. The number of hydrogen-bond donors (Lipinski definition) is 1. The highest BCUT2D eigenvalue weighted by molar-refractivity contribution is 6.12. The summed E-state index contributed by atoms with van der Waals surface area (Å²) in [6, 6.07) is 0. The smallest absolute Gasteiger partial charge is 0.307 e. The fourth-order valence-corrected chi connectivity index (χ4v) is 1.55. The Hall–Kier alpha value is -1.69. The lowest BCUT2D eigenvalue weighted by molar-refractivity contribution is -0.154. The lowest BCUT2D eigenvalue weighted by atomic mass is 10.2. The van der Waals surface area contributed by atoms with Crippen molar-refractivity contribution in [2.24, 2.45) is 0 Å². The fraction of sp³-hybridized carbons (Fsp3) is 0.615. The van der Waals surface area contributed by atoms with Gasteiger partial charge in [0.15, 0.2) is 0 Å².